The fourth-order valence-electron chi connectivity index (χ4n) is 1.34. The zero-order valence-corrected chi connectivity index (χ0v) is 7.93. The molecule has 0 bridgehead atoms. The number of nitriles is 1. The summed E-state index contributed by atoms with van der Waals surface area (Å²) in [5, 5.41) is 7.93. The van der Waals surface area contributed by atoms with Crippen LogP contribution in [0.4, 0.5) is 4.39 Å². The maximum Gasteiger partial charge on any atom is 0.134 e. The van der Waals surface area contributed by atoms with Gasteiger partial charge in [0.25, 0.3) is 0 Å². The molecule has 1 fully saturated rings. The lowest BCUT2D eigenvalue weighted by molar-refractivity contribution is 0.0533. The first kappa shape index (κ1) is 10.5. The molecule has 0 spiro atoms. The Hall–Kier alpha value is -0.590. The third-order valence-corrected chi connectivity index (χ3v) is 2.56. The fourth-order valence-corrected chi connectivity index (χ4v) is 1.66. The Morgan fingerprint density at radius 2 is 2.46 bits per heavy atom. The van der Waals surface area contributed by atoms with Crippen LogP contribution >= 0.6 is 11.6 Å². The van der Waals surface area contributed by atoms with E-state index in [0.29, 0.717) is 12.0 Å². The Morgan fingerprint density at radius 1 is 1.77 bits per heavy atom. The van der Waals surface area contributed by atoms with E-state index < -0.39 is 6.17 Å². The molecule has 0 N–H and O–H groups in total. The molecule has 0 aliphatic heterocycles. The highest BCUT2D eigenvalue weighted by Crippen LogP contribution is 2.30. The average molecular weight is 204 g/mol. The van der Waals surface area contributed by atoms with Crippen molar-refractivity contribution in [2.24, 2.45) is 0 Å². The zero-order chi connectivity index (χ0) is 9.84. The normalized spacial score (nSPS) is 34.2. The van der Waals surface area contributed by atoms with Crippen molar-refractivity contribution in [2.45, 2.75) is 30.5 Å². The van der Waals surface area contributed by atoms with Crippen LogP contribution in [0.15, 0.2) is 12.2 Å². The largest absolute Gasteiger partial charge is 0.361 e. The minimum Gasteiger partial charge on any atom is -0.361 e. The van der Waals surface area contributed by atoms with Gasteiger partial charge < -0.3 is 4.74 Å². The maximum atomic E-state index is 13.0. The number of rotatable bonds is 2. The summed E-state index contributed by atoms with van der Waals surface area (Å²) in [6, 6.07) is 1.86. The molecule has 0 saturated heterocycles. The van der Waals surface area contributed by atoms with Crippen molar-refractivity contribution < 1.29 is 9.13 Å². The van der Waals surface area contributed by atoms with Gasteiger partial charge in [0.1, 0.15) is 12.8 Å². The van der Waals surface area contributed by atoms with Gasteiger partial charge in [-0.1, -0.05) is 6.58 Å². The van der Waals surface area contributed by atoms with Crippen LogP contribution in [0.5, 0.6) is 0 Å². The van der Waals surface area contributed by atoms with E-state index in [2.05, 4.69) is 6.58 Å². The van der Waals surface area contributed by atoms with Crippen LogP contribution < -0.4 is 0 Å². The molecule has 72 valence electrons. The molecule has 0 radical (unpaired) electrons. The number of halogens is 2. The van der Waals surface area contributed by atoms with Gasteiger partial charge in [0.15, 0.2) is 0 Å². The summed E-state index contributed by atoms with van der Waals surface area (Å²) in [6.07, 6.45) is -0.640. The second-order valence-corrected chi connectivity index (χ2v) is 3.65. The van der Waals surface area contributed by atoms with Crippen molar-refractivity contribution in [1.29, 1.82) is 5.26 Å². The van der Waals surface area contributed by atoms with Crippen LogP contribution in [0.1, 0.15) is 12.8 Å². The minimum absolute atomic E-state index is 0.00187. The number of hydrogen-bond acceptors (Lipinski definition) is 2. The van der Waals surface area contributed by atoms with E-state index in [-0.39, 0.29) is 24.5 Å². The average Bonchev–Trinajstić information content (AvgIpc) is 2.09. The zero-order valence-electron chi connectivity index (χ0n) is 7.17. The molecular weight excluding hydrogens is 193 g/mol. The Morgan fingerprint density at radius 3 is 3.08 bits per heavy atom. The van der Waals surface area contributed by atoms with Gasteiger partial charge in [0.05, 0.1) is 17.6 Å². The third kappa shape index (κ3) is 2.68. The molecule has 0 aromatic carbocycles. The van der Waals surface area contributed by atoms with Crippen molar-refractivity contribution in [2.75, 3.05) is 6.61 Å². The first-order chi connectivity index (χ1) is 6.15. The molecule has 0 heterocycles. The van der Waals surface area contributed by atoms with Crippen molar-refractivity contribution in [3.8, 4) is 6.07 Å². The lowest BCUT2D eigenvalue weighted by atomic mass is 9.91. The van der Waals surface area contributed by atoms with Crippen LogP contribution in [0, 0.1) is 11.3 Å². The second kappa shape index (κ2) is 4.59. The highest BCUT2D eigenvalue weighted by atomic mass is 35.5. The Labute approximate surface area is 81.9 Å². The predicted octanol–water partition coefficient (Wildman–Crippen LogP) is 2.19. The molecule has 2 nitrogen and oxygen atoms in total. The minimum atomic E-state index is -1.02. The number of nitrogens with zero attached hydrogens (tertiary/aromatic N) is 1. The van der Waals surface area contributed by atoms with E-state index in [1.807, 2.05) is 6.07 Å². The highest BCUT2D eigenvalue weighted by molar-refractivity contribution is 6.21. The monoisotopic (exact) mass is 203 g/mol. The van der Waals surface area contributed by atoms with Crippen LogP contribution in [0.25, 0.3) is 0 Å². The van der Waals surface area contributed by atoms with Gasteiger partial charge in [-0.2, -0.15) is 5.26 Å². The van der Waals surface area contributed by atoms with E-state index in [4.69, 9.17) is 21.6 Å². The molecule has 0 aromatic heterocycles. The molecule has 4 heteroatoms. The van der Waals surface area contributed by atoms with E-state index in [9.17, 15) is 4.39 Å². The van der Waals surface area contributed by atoms with E-state index in [0.717, 1.165) is 0 Å². The molecule has 3 atom stereocenters. The van der Waals surface area contributed by atoms with E-state index in [1.165, 1.54) is 0 Å². The van der Waals surface area contributed by atoms with E-state index >= 15 is 0 Å². The van der Waals surface area contributed by atoms with Crippen molar-refractivity contribution in [1.82, 2.24) is 0 Å². The molecule has 3 unspecified atom stereocenters. The van der Waals surface area contributed by atoms with Crippen molar-refractivity contribution >= 4 is 11.6 Å². The van der Waals surface area contributed by atoms with Gasteiger partial charge in [0, 0.05) is 6.42 Å². The summed E-state index contributed by atoms with van der Waals surface area (Å²) in [5.41, 5.74) is 0.514. The molecule has 1 rings (SSSR count). The smallest absolute Gasteiger partial charge is 0.134 e. The van der Waals surface area contributed by atoms with Crippen molar-refractivity contribution in [3.05, 3.63) is 12.2 Å². The van der Waals surface area contributed by atoms with Gasteiger partial charge in [-0.25, -0.2) is 4.39 Å². The predicted molar refractivity (Wildman–Crippen MR) is 48.3 cm³/mol. The summed E-state index contributed by atoms with van der Waals surface area (Å²) in [7, 11) is 0. The van der Waals surface area contributed by atoms with Crippen molar-refractivity contribution in [3.63, 3.8) is 0 Å². The highest BCUT2D eigenvalue weighted by Gasteiger charge is 2.32. The number of hydrogen-bond donors (Lipinski definition) is 0. The second-order valence-electron chi connectivity index (χ2n) is 3.09. The lowest BCUT2D eigenvalue weighted by Crippen LogP contribution is -2.34. The summed E-state index contributed by atoms with van der Waals surface area (Å²) in [4.78, 5) is 0. The summed E-state index contributed by atoms with van der Waals surface area (Å²) >= 11 is 5.86. The quantitative estimate of drug-likeness (QED) is 0.509. The van der Waals surface area contributed by atoms with Gasteiger partial charge >= 0.3 is 0 Å². The molecule has 0 aromatic rings. The van der Waals surface area contributed by atoms with Gasteiger partial charge in [0.2, 0.25) is 0 Å². The summed E-state index contributed by atoms with van der Waals surface area (Å²) < 4.78 is 18.2. The molecule has 1 aliphatic rings. The standard InChI is InChI=1S/C9H11ClFNO/c1-6-4-9(13-3-2-12)7(10)5-8(6)11/h7-9H,1,3-5H2. The molecule has 13 heavy (non-hydrogen) atoms. The van der Waals surface area contributed by atoms with E-state index in [1.54, 1.807) is 0 Å². The Balaban J connectivity index is 2.47. The topological polar surface area (TPSA) is 33.0 Å². The number of ether oxygens (including phenoxy) is 1. The number of alkyl halides is 2. The first-order valence-corrected chi connectivity index (χ1v) is 4.53. The third-order valence-electron chi connectivity index (χ3n) is 2.10. The van der Waals surface area contributed by atoms with Gasteiger partial charge in [-0.05, 0) is 12.0 Å². The van der Waals surface area contributed by atoms with Gasteiger partial charge in [-0.3, -0.25) is 0 Å². The fraction of sp³-hybridized carbons (Fsp3) is 0.667. The van der Waals surface area contributed by atoms with Gasteiger partial charge in [-0.15, -0.1) is 11.6 Å². The first-order valence-electron chi connectivity index (χ1n) is 4.09. The Bertz CT molecular complexity index is 238. The maximum absolute atomic E-state index is 13.0. The Kier molecular flexibility index (Phi) is 3.71. The van der Waals surface area contributed by atoms with Crippen LogP contribution in [0.3, 0.4) is 0 Å². The SMILES string of the molecule is C=C1CC(OCC#N)C(Cl)CC1F. The molecule has 1 aliphatic carbocycles. The van der Waals surface area contributed by atoms with Crippen LogP contribution in [-0.2, 0) is 4.74 Å². The van der Waals surface area contributed by atoms with Crippen LogP contribution in [0.2, 0.25) is 0 Å². The lowest BCUT2D eigenvalue weighted by Gasteiger charge is -2.30. The summed E-state index contributed by atoms with van der Waals surface area (Å²) in [5.74, 6) is 0. The van der Waals surface area contributed by atoms with Crippen LogP contribution in [-0.4, -0.2) is 24.3 Å². The molecule has 0 amide bonds. The summed E-state index contributed by atoms with van der Waals surface area (Å²) in [6.45, 7) is 3.59. The molecule has 1 saturated carbocycles. The molecular formula is C9H11ClFNO.